The maximum atomic E-state index is 4.86. The number of nitrogens with zero attached hydrogens (tertiary/aromatic N) is 2. The number of thiazole rings is 2. The molecule has 2 heterocycles. The fourth-order valence-electron chi connectivity index (χ4n) is 2.97. The van der Waals surface area contributed by atoms with E-state index >= 15 is 0 Å². The van der Waals surface area contributed by atoms with E-state index in [1.54, 1.807) is 22.7 Å². The van der Waals surface area contributed by atoms with Crippen LogP contribution in [0.5, 0.6) is 0 Å². The maximum absolute atomic E-state index is 4.86. The van der Waals surface area contributed by atoms with E-state index < -0.39 is 0 Å². The zero-order valence-corrected chi connectivity index (χ0v) is 19.0. The highest BCUT2D eigenvalue weighted by molar-refractivity contribution is 7.80. The molecule has 1 atom stereocenters. The van der Waals surface area contributed by atoms with Gasteiger partial charge >= 0.3 is 0 Å². The number of aromatic nitrogens is 2. The van der Waals surface area contributed by atoms with E-state index in [1.807, 2.05) is 7.05 Å². The highest BCUT2D eigenvalue weighted by Crippen LogP contribution is 2.40. The molecule has 0 radical (unpaired) electrons. The van der Waals surface area contributed by atoms with Crippen LogP contribution in [0.1, 0.15) is 23.3 Å². The average Bonchev–Trinajstić information content (AvgIpc) is 3.35. The zero-order valence-electron chi connectivity index (χ0n) is 16.4. The van der Waals surface area contributed by atoms with Crippen LogP contribution in [0, 0.1) is 6.92 Å². The minimum Gasteiger partial charge on any atom is -0.372 e. The van der Waals surface area contributed by atoms with Gasteiger partial charge in [0.15, 0.2) is 5.13 Å². The standard InChI is InChI=1S/C22H22N4S3/c1-13-5-4-6-16(11-13)18-12-28-21(25-18)19-20(23-3)26-22(29-19)24-17-9-7-15(8-10-17)14(2)27/h4-12,14,23,27H,1-3H3,(H,24,26). The van der Waals surface area contributed by atoms with Crippen molar-refractivity contribution >= 4 is 51.9 Å². The molecule has 0 bridgehead atoms. The molecule has 0 aliphatic rings. The van der Waals surface area contributed by atoms with Crippen molar-refractivity contribution in [2.24, 2.45) is 0 Å². The van der Waals surface area contributed by atoms with Crippen molar-refractivity contribution in [3.63, 3.8) is 0 Å². The highest BCUT2D eigenvalue weighted by Gasteiger charge is 2.16. The van der Waals surface area contributed by atoms with E-state index in [0.717, 1.165) is 37.8 Å². The van der Waals surface area contributed by atoms with Crippen LogP contribution in [0.15, 0.2) is 53.9 Å². The summed E-state index contributed by atoms with van der Waals surface area (Å²) in [6, 6.07) is 16.7. The second-order valence-corrected chi connectivity index (χ2v) is 9.41. The van der Waals surface area contributed by atoms with Crippen molar-refractivity contribution in [1.82, 2.24) is 9.97 Å². The SMILES string of the molecule is CNc1nc(Nc2ccc(C(C)S)cc2)sc1-c1nc(-c2cccc(C)c2)cs1. The summed E-state index contributed by atoms with van der Waals surface area (Å²) in [6.45, 7) is 4.16. The van der Waals surface area contributed by atoms with E-state index in [-0.39, 0.29) is 5.25 Å². The van der Waals surface area contributed by atoms with Gasteiger partial charge in [0, 0.05) is 28.9 Å². The van der Waals surface area contributed by atoms with Crippen LogP contribution < -0.4 is 10.6 Å². The van der Waals surface area contributed by atoms with Gasteiger partial charge in [0.1, 0.15) is 15.7 Å². The van der Waals surface area contributed by atoms with Crippen LogP contribution in [0.3, 0.4) is 0 Å². The average molecular weight is 439 g/mol. The summed E-state index contributed by atoms with van der Waals surface area (Å²) >= 11 is 7.72. The molecule has 7 heteroatoms. The molecule has 0 amide bonds. The molecule has 2 aromatic carbocycles. The Balaban J connectivity index is 1.60. The quantitative estimate of drug-likeness (QED) is 0.283. The number of thiol groups is 1. The first-order valence-corrected chi connectivity index (χ1v) is 11.5. The molecular weight excluding hydrogens is 416 g/mol. The zero-order chi connectivity index (χ0) is 20.4. The van der Waals surface area contributed by atoms with E-state index in [9.17, 15) is 0 Å². The maximum Gasteiger partial charge on any atom is 0.189 e. The third-order valence-electron chi connectivity index (χ3n) is 4.52. The van der Waals surface area contributed by atoms with E-state index in [0.29, 0.717) is 0 Å². The molecule has 0 spiro atoms. The van der Waals surface area contributed by atoms with Gasteiger partial charge in [0.2, 0.25) is 0 Å². The van der Waals surface area contributed by atoms with E-state index in [4.69, 9.17) is 9.97 Å². The monoisotopic (exact) mass is 438 g/mol. The number of hydrogen-bond acceptors (Lipinski definition) is 7. The van der Waals surface area contributed by atoms with Gasteiger partial charge in [-0.05, 0) is 37.6 Å². The lowest BCUT2D eigenvalue weighted by molar-refractivity contribution is 1.11. The van der Waals surface area contributed by atoms with Gasteiger partial charge in [-0.25, -0.2) is 9.97 Å². The smallest absolute Gasteiger partial charge is 0.189 e. The number of nitrogens with one attached hydrogen (secondary N) is 2. The van der Waals surface area contributed by atoms with Crippen molar-refractivity contribution in [1.29, 1.82) is 0 Å². The van der Waals surface area contributed by atoms with Gasteiger partial charge in [-0.1, -0.05) is 47.2 Å². The Morgan fingerprint density at radius 2 is 1.86 bits per heavy atom. The molecule has 0 aliphatic heterocycles. The largest absolute Gasteiger partial charge is 0.372 e. The Labute approximate surface area is 184 Å². The Kier molecular flexibility index (Phi) is 5.89. The predicted molar refractivity (Wildman–Crippen MR) is 130 cm³/mol. The van der Waals surface area contributed by atoms with E-state index in [2.05, 4.69) is 91.0 Å². The number of anilines is 3. The van der Waals surface area contributed by atoms with Crippen molar-refractivity contribution in [3.8, 4) is 21.1 Å². The molecule has 4 nitrogen and oxygen atoms in total. The number of aryl methyl sites for hydroxylation is 1. The van der Waals surface area contributed by atoms with Gasteiger partial charge in [-0.15, -0.1) is 11.3 Å². The minimum absolute atomic E-state index is 0.221. The third kappa shape index (κ3) is 4.47. The molecule has 29 heavy (non-hydrogen) atoms. The Bertz CT molecular complexity index is 1110. The lowest BCUT2D eigenvalue weighted by Crippen LogP contribution is -1.93. The van der Waals surface area contributed by atoms with Gasteiger partial charge in [-0.3, -0.25) is 0 Å². The van der Waals surface area contributed by atoms with Crippen LogP contribution in [0.4, 0.5) is 16.6 Å². The van der Waals surface area contributed by atoms with Gasteiger partial charge in [0.25, 0.3) is 0 Å². The van der Waals surface area contributed by atoms with Crippen molar-refractivity contribution in [2.45, 2.75) is 19.1 Å². The predicted octanol–water partition coefficient (Wildman–Crippen LogP) is 7.02. The normalized spacial score (nSPS) is 12.0. The molecule has 0 saturated carbocycles. The van der Waals surface area contributed by atoms with Crippen LogP contribution in [-0.4, -0.2) is 17.0 Å². The molecule has 0 saturated heterocycles. The van der Waals surface area contributed by atoms with E-state index in [1.165, 1.54) is 11.1 Å². The summed E-state index contributed by atoms with van der Waals surface area (Å²) in [5.41, 5.74) is 5.57. The Morgan fingerprint density at radius 3 is 2.55 bits per heavy atom. The Morgan fingerprint density at radius 1 is 1.07 bits per heavy atom. The lowest BCUT2D eigenvalue weighted by atomic mass is 10.1. The molecule has 148 valence electrons. The van der Waals surface area contributed by atoms with Crippen LogP contribution in [0.25, 0.3) is 21.1 Å². The van der Waals surface area contributed by atoms with Gasteiger partial charge in [-0.2, -0.15) is 12.6 Å². The summed E-state index contributed by atoms with van der Waals surface area (Å²) < 4.78 is 0. The second-order valence-electron chi connectivity index (χ2n) is 6.78. The molecule has 1 unspecified atom stereocenters. The minimum atomic E-state index is 0.221. The van der Waals surface area contributed by atoms with Crippen molar-refractivity contribution in [2.75, 3.05) is 17.7 Å². The fourth-order valence-corrected chi connectivity index (χ4v) is 5.06. The summed E-state index contributed by atoms with van der Waals surface area (Å²) in [5.74, 6) is 0.836. The first kappa shape index (κ1) is 19.9. The second kappa shape index (κ2) is 8.57. The summed E-state index contributed by atoms with van der Waals surface area (Å²) in [5, 5.41) is 10.7. The fraction of sp³-hybridized carbons (Fsp3) is 0.182. The molecular formula is C22H22N4S3. The van der Waals surface area contributed by atoms with Crippen molar-refractivity contribution in [3.05, 3.63) is 65.0 Å². The van der Waals surface area contributed by atoms with Crippen LogP contribution in [0.2, 0.25) is 0 Å². The van der Waals surface area contributed by atoms with Gasteiger partial charge in [0.05, 0.1) is 5.69 Å². The molecule has 4 rings (SSSR count). The number of benzene rings is 2. The van der Waals surface area contributed by atoms with Crippen LogP contribution in [-0.2, 0) is 0 Å². The molecule has 4 aromatic rings. The molecule has 2 N–H and O–H groups in total. The number of hydrogen-bond donors (Lipinski definition) is 3. The third-order valence-corrected chi connectivity index (χ3v) is 6.79. The molecule has 2 aromatic heterocycles. The van der Waals surface area contributed by atoms with Crippen LogP contribution >= 0.6 is 35.3 Å². The first-order valence-electron chi connectivity index (χ1n) is 9.30. The summed E-state index contributed by atoms with van der Waals surface area (Å²) in [6.07, 6.45) is 0. The van der Waals surface area contributed by atoms with Crippen molar-refractivity contribution < 1.29 is 0 Å². The first-order chi connectivity index (χ1) is 14.0. The topological polar surface area (TPSA) is 49.8 Å². The number of rotatable bonds is 6. The highest BCUT2D eigenvalue weighted by atomic mass is 32.1. The molecule has 0 aliphatic carbocycles. The molecule has 0 fully saturated rings. The Hall–Kier alpha value is -2.35. The lowest BCUT2D eigenvalue weighted by Gasteiger charge is -2.06. The summed E-state index contributed by atoms with van der Waals surface area (Å²) in [4.78, 5) is 10.6. The van der Waals surface area contributed by atoms with Gasteiger partial charge < -0.3 is 10.6 Å². The summed E-state index contributed by atoms with van der Waals surface area (Å²) in [7, 11) is 1.89.